The summed E-state index contributed by atoms with van der Waals surface area (Å²) in [5.74, 6) is 1.17. The van der Waals surface area contributed by atoms with Crippen LogP contribution >= 0.6 is 27.7 Å². The van der Waals surface area contributed by atoms with E-state index in [9.17, 15) is 4.79 Å². The molecule has 1 aromatic rings. The fourth-order valence-corrected chi connectivity index (χ4v) is 4.19. The van der Waals surface area contributed by atoms with Crippen LogP contribution in [0.5, 0.6) is 0 Å². The summed E-state index contributed by atoms with van der Waals surface area (Å²) in [6, 6.07) is 8.14. The molecule has 1 aliphatic carbocycles. The zero-order chi connectivity index (χ0) is 14.4. The number of carbonyl (C=O) groups excluding carboxylic acids is 1. The van der Waals surface area contributed by atoms with Crippen LogP contribution in [0.15, 0.2) is 28.7 Å². The van der Waals surface area contributed by atoms with Gasteiger partial charge in [-0.1, -0.05) is 35.3 Å². The Bertz CT molecular complexity index is 455. The summed E-state index contributed by atoms with van der Waals surface area (Å²) in [5, 5.41) is 6.99. The van der Waals surface area contributed by atoms with E-state index >= 15 is 0 Å². The van der Waals surface area contributed by atoms with Crippen molar-refractivity contribution in [1.82, 2.24) is 5.32 Å². The molecule has 0 spiro atoms. The number of thioether (sulfide) groups is 1. The number of benzene rings is 1. The van der Waals surface area contributed by atoms with Gasteiger partial charge in [0, 0.05) is 21.5 Å². The zero-order valence-electron chi connectivity index (χ0n) is 11.7. The quantitative estimate of drug-likeness (QED) is 0.817. The molecule has 1 fully saturated rings. The lowest BCUT2D eigenvalue weighted by Gasteiger charge is -2.19. The summed E-state index contributed by atoms with van der Waals surface area (Å²) in [5.41, 5.74) is 0.831. The topological polar surface area (TPSA) is 41.1 Å². The lowest BCUT2D eigenvalue weighted by Crippen LogP contribution is -2.39. The smallest absolute Gasteiger partial charge is 0.238 e. The lowest BCUT2D eigenvalue weighted by molar-refractivity contribution is -0.115. The molecule has 1 saturated carbocycles. The molecule has 2 atom stereocenters. The number of carbonyl (C=O) groups is 1. The molecule has 20 heavy (non-hydrogen) atoms. The van der Waals surface area contributed by atoms with Gasteiger partial charge >= 0.3 is 0 Å². The van der Waals surface area contributed by atoms with E-state index < -0.39 is 0 Å². The number of amides is 1. The minimum absolute atomic E-state index is 0.0234. The van der Waals surface area contributed by atoms with Crippen LogP contribution in [0, 0.1) is 0 Å². The van der Waals surface area contributed by atoms with Gasteiger partial charge in [-0.2, -0.15) is 11.8 Å². The molecule has 0 aliphatic heterocycles. The van der Waals surface area contributed by atoms with Crippen LogP contribution in [0.2, 0.25) is 0 Å². The van der Waals surface area contributed by atoms with Gasteiger partial charge in [0.05, 0.1) is 6.54 Å². The van der Waals surface area contributed by atoms with Crippen LogP contribution in [0.25, 0.3) is 0 Å². The minimum Gasteiger partial charge on any atom is -0.325 e. The maximum absolute atomic E-state index is 11.9. The van der Waals surface area contributed by atoms with Crippen molar-refractivity contribution < 1.29 is 4.79 Å². The minimum atomic E-state index is 0.0234. The first kappa shape index (κ1) is 15.9. The van der Waals surface area contributed by atoms with E-state index in [1.54, 1.807) is 0 Å². The summed E-state index contributed by atoms with van der Waals surface area (Å²) < 4.78 is 0.971. The summed E-state index contributed by atoms with van der Waals surface area (Å²) in [4.78, 5) is 11.9. The molecule has 1 aromatic carbocycles. The third kappa shape index (κ3) is 4.79. The Labute approximate surface area is 133 Å². The van der Waals surface area contributed by atoms with E-state index in [-0.39, 0.29) is 5.91 Å². The Morgan fingerprint density at radius 1 is 1.45 bits per heavy atom. The van der Waals surface area contributed by atoms with Crippen molar-refractivity contribution >= 4 is 39.3 Å². The molecule has 0 radical (unpaired) electrons. The molecular weight excluding hydrogens is 336 g/mol. The molecule has 1 amide bonds. The molecule has 0 aromatic heterocycles. The second kappa shape index (κ2) is 8.05. The van der Waals surface area contributed by atoms with E-state index in [4.69, 9.17) is 0 Å². The number of hydrogen-bond acceptors (Lipinski definition) is 3. The van der Waals surface area contributed by atoms with Crippen LogP contribution in [0.1, 0.15) is 26.2 Å². The fourth-order valence-electron chi connectivity index (χ4n) is 2.57. The van der Waals surface area contributed by atoms with Crippen molar-refractivity contribution in [2.75, 3.05) is 17.6 Å². The fraction of sp³-hybridized carbons (Fsp3) is 0.533. The van der Waals surface area contributed by atoms with Gasteiger partial charge in [0.15, 0.2) is 0 Å². The van der Waals surface area contributed by atoms with Gasteiger partial charge in [-0.25, -0.2) is 0 Å². The molecule has 0 bridgehead atoms. The molecule has 0 heterocycles. The largest absolute Gasteiger partial charge is 0.325 e. The standard InChI is InChI=1S/C15H21BrN2OS/c1-2-20-14-8-4-7-13(14)17-10-15(19)18-12-6-3-5-11(16)9-12/h3,5-6,9,13-14,17H,2,4,7-8,10H2,1H3,(H,18,19). The molecule has 110 valence electrons. The first-order valence-electron chi connectivity index (χ1n) is 7.09. The Hall–Kier alpha value is -0.520. The summed E-state index contributed by atoms with van der Waals surface area (Å²) in [6.07, 6.45) is 3.72. The van der Waals surface area contributed by atoms with E-state index in [1.807, 2.05) is 36.0 Å². The van der Waals surface area contributed by atoms with Gasteiger partial charge < -0.3 is 10.6 Å². The van der Waals surface area contributed by atoms with Gasteiger partial charge in [0.1, 0.15) is 0 Å². The van der Waals surface area contributed by atoms with Gasteiger partial charge in [0.2, 0.25) is 5.91 Å². The summed E-state index contributed by atoms with van der Waals surface area (Å²) in [6.45, 7) is 2.58. The second-order valence-corrected chi connectivity index (χ2v) is 7.40. The Morgan fingerprint density at radius 2 is 2.30 bits per heavy atom. The Morgan fingerprint density at radius 3 is 3.05 bits per heavy atom. The number of nitrogens with one attached hydrogen (secondary N) is 2. The normalized spacial score (nSPS) is 21.9. The Kier molecular flexibility index (Phi) is 6.39. The molecule has 0 saturated heterocycles. The first-order chi connectivity index (χ1) is 9.69. The molecule has 1 aliphatic rings. The maximum atomic E-state index is 11.9. The predicted octanol–water partition coefficient (Wildman–Crippen LogP) is 3.65. The van der Waals surface area contributed by atoms with Crippen LogP contribution in [0.4, 0.5) is 5.69 Å². The predicted molar refractivity (Wildman–Crippen MR) is 90.3 cm³/mol. The van der Waals surface area contributed by atoms with Crippen molar-refractivity contribution in [2.24, 2.45) is 0 Å². The highest BCUT2D eigenvalue weighted by Gasteiger charge is 2.26. The van der Waals surface area contributed by atoms with Crippen molar-refractivity contribution in [3.05, 3.63) is 28.7 Å². The third-order valence-electron chi connectivity index (χ3n) is 3.47. The van der Waals surface area contributed by atoms with Gasteiger partial charge in [0.25, 0.3) is 0 Å². The van der Waals surface area contributed by atoms with Crippen molar-refractivity contribution in [3.8, 4) is 0 Å². The van der Waals surface area contributed by atoms with Gasteiger partial charge in [-0.05, 0) is 36.8 Å². The second-order valence-electron chi connectivity index (χ2n) is 4.97. The van der Waals surface area contributed by atoms with E-state index in [0.717, 1.165) is 15.9 Å². The highest BCUT2D eigenvalue weighted by atomic mass is 79.9. The van der Waals surface area contributed by atoms with E-state index in [1.165, 1.54) is 19.3 Å². The maximum Gasteiger partial charge on any atom is 0.238 e. The highest BCUT2D eigenvalue weighted by Crippen LogP contribution is 2.29. The highest BCUT2D eigenvalue weighted by molar-refractivity contribution is 9.10. The Balaban J connectivity index is 1.77. The van der Waals surface area contributed by atoms with Crippen molar-refractivity contribution in [1.29, 1.82) is 0 Å². The average Bonchev–Trinajstić information content (AvgIpc) is 2.84. The van der Waals surface area contributed by atoms with E-state index in [2.05, 4.69) is 33.5 Å². The molecule has 5 heteroatoms. The SMILES string of the molecule is CCSC1CCCC1NCC(=O)Nc1cccc(Br)c1. The summed E-state index contributed by atoms with van der Waals surface area (Å²) >= 11 is 5.40. The average molecular weight is 357 g/mol. The van der Waals surface area contributed by atoms with Crippen LogP contribution in [0.3, 0.4) is 0 Å². The zero-order valence-corrected chi connectivity index (χ0v) is 14.1. The molecular formula is C15H21BrN2OS. The molecule has 2 rings (SSSR count). The van der Waals surface area contributed by atoms with Gasteiger partial charge in [-0.15, -0.1) is 0 Å². The van der Waals surface area contributed by atoms with Crippen molar-refractivity contribution in [3.63, 3.8) is 0 Å². The number of hydrogen-bond donors (Lipinski definition) is 2. The summed E-state index contributed by atoms with van der Waals surface area (Å²) in [7, 11) is 0. The first-order valence-corrected chi connectivity index (χ1v) is 8.93. The lowest BCUT2D eigenvalue weighted by atomic mass is 10.2. The molecule has 2 N–H and O–H groups in total. The molecule has 2 unspecified atom stereocenters. The number of halogens is 1. The monoisotopic (exact) mass is 356 g/mol. The van der Waals surface area contributed by atoms with Crippen molar-refractivity contribution in [2.45, 2.75) is 37.5 Å². The third-order valence-corrected chi connectivity index (χ3v) is 5.29. The van der Waals surface area contributed by atoms with Gasteiger partial charge in [-0.3, -0.25) is 4.79 Å². The van der Waals surface area contributed by atoms with E-state index in [0.29, 0.717) is 17.8 Å². The molecule has 3 nitrogen and oxygen atoms in total. The number of anilines is 1. The van der Waals surface area contributed by atoms with Crippen LogP contribution in [-0.4, -0.2) is 29.5 Å². The van der Waals surface area contributed by atoms with Crippen LogP contribution in [-0.2, 0) is 4.79 Å². The van der Waals surface area contributed by atoms with Crippen LogP contribution < -0.4 is 10.6 Å². The number of rotatable bonds is 6.